The second-order valence-corrected chi connectivity index (χ2v) is 4.09. The summed E-state index contributed by atoms with van der Waals surface area (Å²) in [4.78, 5) is 11.4. The molecule has 0 aliphatic rings. The van der Waals surface area contributed by atoms with Crippen molar-refractivity contribution in [1.82, 2.24) is 5.32 Å². The van der Waals surface area contributed by atoms with E-state index in [2.05, 4.69) is 15.4 Å². The van der Waals surface area contributed by atoms with E-state index in [0.29, 0.717) is 0 Å². The van der Waals surface area contributed by atoms with Gasteiger partial charge < -0.3 is 20.5 Å². The number of aliphatic hydroxyl groups is 1. The van der Waals surface area contributed by atoms with Gasteiger partial charge >= 0.3 is 12.2 Å². The van der Waals surface area contributed by atoms with E-state index >= 15 is 0 Å². The van der Waals surface area contributed by atoms with E-state index in [1.807, 2.05) is 0 Å². The Morgan fingerprint density at radius 3 is 2.70 bits per heavy atom. The molecule has 0 aliphatic heterocycles. The summed E-state index contributed by atoms with van der Waals surface area (Å²) < 4.78 is 40.9. The summed E-state index contributed by atoms with van der Waals surface area (Å²) in [5.41, 5.74) is 0.0362. The van der Waals surface area contributed by atoms with Crippen LogP contribution in [0.15, 0.2) is 18.2 Å². The summed E-state index contributed by atoms with van der Waals surface area (Å²) >= 11 is 5.66. The zero-order valence-electron chi connectivity index (χ0n) is 10.1. The molecule has 9 heteroatoms. The number of carbonyl (C=O) groups excluding carboxylic acids is 1. The van der Waals surface area contributed by atoms with Crippen molar-refractivity contribution < 1.29 is 27.8 Å². The van der Waals surface area contributed by atoms with E-state index < -0.39 is 18.8 Å². The van der Waals surface area contributed by atoms with Gasteiger partial charge in [0, 0.05) is 17.6 Å². The first-order valence-corrected chi connectivity index (χ1v) is 5.84. The lowest BCUT2D eigenvalue weighted by Crippen LogP contribution is -2.31. The van der Waals surface area contributed by atoms with E-state index in [4.69, 9.17) is 16.7 Å². The van der Waals surface area contributed by atoms with Crippen molar-refractivity contribution in [3.05, 3.63) is 23.2 Å². The van der Waals surface area contributed by atoms with E-state index in [1.165, 1.54) is 12.1 Å². The molecular weight excluding hydrogens is 301 g/mol. The monoisotopic (exact) mass is 312 g/mol. The van der Waals surface area contributed by atoms with Gasteiger partial charge in [0.05, 0.1) is 12.3 Å². The molecule has 0 saturated heterocycles. The number of rotatable bonds is 5. The van der Waals surface area contributed by atoms with E-state index in [0.717, 1.165) is 6.07 Å². The fourth-order valence-electron chi connectivity index (χ4n) is 1.21. The Kier molecular flexibility index (Phi) is 5.90. The molecule has 0 unspecified atom stereocenters. The summed E-state index contributed by atoms with van der Waals surface area (Å²) in [5, 5.41) is 13.3. The maximum Gasteiger partial charge on any atom is 0.422 e. The number of hydrogen-bond acceptors (Lipinski definition) is 3. The molecule has 5 nitrogen and oxygen atoms in total. The Morgan fingerprint density at radius 2 is 2.10 bits per heavy atom. The summed E-state index contributed by atoms with van der Waals surface area (Å²) in [7, 11) is 0. The van der Waals surface area contributed by atoms with Crippen LogP contribution in [0.1, 0.15) is 0 Å². The number of hydrogen-bond donors (Lipinski definition) is 3. The molecule has 20 heavy (non-hydrogen) atoms. The highest BCUT2D eigenvalue weighted by Gasteiger charge is 2.29. The molecule has 3 N–H and O–H groups in total. The van der Waals surface area contributed by atoms with Crippen molar-refractivity contribution in [2.45, 2.75) is 6.18 Å². The average Bonchev–Trinajstić information content (AvgIpc) is 2.35. The molecule has 1 aromatic rings. The highest BCUT2D eigenvalue weighted by Crippen LogP contribution is 2.29. The Hall–Kier alpha value is -1.67. The number of ether oxygens (including phenoxy) is 1. The third-order valence-electron chi connectivity index (χ3n) is 1.98. The van der Waals surface area contributed by atoms with Crippen LogP contribution < -0.4 is 15.4 Å². The van der Waals surface area contributed by atoms with Crippen LogP contribution in [0, 0.1) is 0 Å². The molecule has 0 aromatic heterocycles. The Labute approximate surface area is 117 Å². The molecule has 0 bridgehead atoms. The fourth-order valence-corrected chi connectivity index (χ4v) is 1.38. The third kappa shape index (κ3) is 5.98. The average molecular weight is 313 g/mol. The summed E-state index contributed by atoms with van der Waals surface area (Å²) in [6, 6.07) is 3.18. The second kappa shape index (κ2) is 7.20. The largest absolute Gasteiger partial charge is 0.482 e. The SMILES string of the molecule is O=C(NCCO)Nc1ccc(Cl)cc1OCC(F)(F)F. The molecule has 0 radical (unpaired) electrons. The zero-order chi connectivity index (χ0) is 15.2. The van der Waals surface area contributed by atoms with Crippen LogP contribution in [-0.2, 0) is 0 Å². The maximum atomic E-state index is 12.1. The van der Waals surface area contributed by atoms with Gasteiger partial charge in [0.2, 0.25) is 0 Å². The molecule has 1 aromatic carbocycles. The lowest BCUT2D eigenvalue weighted by molar-refractivity contribution is -0.153. The highest BCUT2D eigenvalue weighted by atomic mass is 35.5. The molecule has 0 heterocycles. The van der Waals surface area contributed by atoms with Crippen LogP contribution in [-0.4, -0.2) is 37.1 Å². The van der Waals surface area contributed by atoms with Crippen molar-refractivity contribution in [3.63, 3.8) is 0 Å². The van der Waals surface area contributed by atoms with Gasteiger partial charge in [0.25, 0.3) is 0 Å². The summed E-state index contributed by atoms with van der Waals surface area (Å²) in [6.45, 7) is -1.75. The van der Waals surface area contributed by atoms with Crippen molar-refractivity contribution >= 4 is 23.3 Å². The van der Waals surface area contributed by atoms with Gasteiger partial charge in [-0.2, -0.15) is 13.2 Å². The van der Waals surface area contributed by atoms with Gasteiger partial charge in [-0.15, -0.1) is 0 Å². The van der Waals surface area contributed by atoms with Crippen molar-refractivity contribution in [2.24, 2.45) is 0 Å². The maximum absolute atomic E-state index is 12.1. The summed E-state index contributed by atoms with van der Waals surface area (Å²) in [5.74, 6) is -0.200. The zero-order valence-corrected chi connectivity index (χ0v) is 10.9. The van der Waals surface area contributed by atoms with Crippen molar-refractivity contribution in [3.8, 4) is 5.75 Å². The minimum Gasteiger partial charge on any atom is -0.482 e. The minimum atomic E-state index is -4.50. The third-order valence-corrected chi connectivity index (χ3v) is 2.22. The number of nitrogens with one attached hydrogen (secondary N) is 2. The summed E-state index contributed by atoms with van der Waals surface area (Å²) in [6.07, 6.45) is -4.50. The van der Waals surface area contributed by atoms with Crippen molar-refractivity contribution in [2.75, 3.05) is 25.1 Å². The predicted molar refractivity (Wildman–Crippen MR) is 67.1 cm³/mol. The number of benzene rings is 1. The first-order valence-electron chi connectivity index (χ1n) is 5.46. The molecule has 0 atom stereocenters. The molecule has 2 amide bonds. The number of alkyl halides is 3. The second-order valence-electron chi connectivity index (χ2n) is 3.65. The van der Waals surface area contributed by atoms with Gasteiger partial charge in [-0.3, -0.25) is 0 Å². The number of anilines is 1. The molecular formula is C11H12ClF3N2O3. The van der Waals surface area contributed by atoms with Gasteiger partial charge in [-0.1, -0.05) is 11.6 Å². The quantitative estimate of drug-likeness (QED) is 0.782. The number of urea groups is 1. The van der Waals surface area contributed by atoms with Crippen LogP contribution in [0.25, 0.3) is 0 Å². The van der Waals surface area contributed by atoms with Crippen LogP contribution in [0.4, 0.5) is 23.7 Å². The van der Waals surface area contributed by atoms with Gasteiger partial charge in [-0.25, -0.2) is 4.79 Å². The van der Waals surface area contributed by atoms with E-state index in [-0.39, 0.29) is 29.6 Å². The van der Waals surface area contributed by atoms with Crippen LogP contribution in [0.3, 0.4) is 0 Å². The Morgan fingerprint density at radius 1 is 1.40 bits per heavy atom. The molecule has 112 valence electrons. The standard InChI is InChI=1S/C11H12ClF3N2O3/c12-7-1-2-8(17-10(19)16-3-4-18)9(5-7)20-6-11(13,14)15/h1-2,5,18H,3-4,6H2,(H2,16,17,19). The Bertz CT molecular complexity index is 469. The molecule has 0 saturated carbocycles. The van der Waals surface area contributed by atoms with Gasteiger partial charge in [0.15, 0.2) is 6.61 Å². The Balaban J connectivity index is 2.76. The van der Waals surface area contributed by atoms with Crippen LogP contribution >= 0.6 is 11.6 Å². The molecule has 1 rings (SSSR count). The predicted octanol–water partition coefficient (Wildman–Crippen LogP) is 2.39. The normalized spacial score (nSPS) is 11.1. The molecule has 0 spiro atoms. The smallest absolute Gasteiger partial charge is 0.422 e. The first-order chi connectivity index (χ1) is 9.31. The highest BCUT2D eigenvalue weighted by molar-refractivity contribution is 6.30. The molecule has 0 aliphatic carbocycles. The van der Waals surface area contributed by atoms with Crippen molar-refractivity contribution in [1.29, 1.82) is 0 Å². The van der Waals surface area contributed by atoms with Crippen LogP contribution in [0.2, 0.25) is 5.02 Å². The lowest BCUT2D eigenvalue weighted by atomic mass is 10.3. The van der Waals surface area contributed by atoms with Gasteiger partial charge in [-0.05, 0) is 12.1 Å². The van der Waals surface area contributed by atoms with Crippen LogP contribution in [0.5, 0.6) is 5.75 Å². The minimum absolute atomic E-state index is 0.0121. The number of halogens is 4. The number of carbonyl (C=O) groups is 1. The van der Waals surface area contributed by atoms with E-state index in [9.17, 15) is 18.0 Å². The number of aliphatic hydroxyl groups excluding tert-OH is 1. The topological polar surface area (TPSA) is 70.6 Å². The molecule has 0 fully saturated rings. The van der Waals surface area contributed by atoms with E-state index in [1.54, 1.807) is 0 Å². The number of amides is 2. The lowest BCUT2D eigenvalue weighted by Gasteiger charge is -2.14. The fraction of sp³-hybridized carbons (Fsp3) is 0.364. The van der Waals surface area contributed by atoms with Gasteiger partial charge in [0.1, 0.15) is 5.75 Å². The first kappa shape index (κ1) is 16.4.